The van der Waals surface area contributed by atoms with E-state index < -0.39 is 6.10 Å². The van der Waals surface area contributed by atoms with Gasteiger partial charge in [-0.1, -0.05) is 142 Å². The molecule has 0 aliphatic carbocycles. The summed E-state index contributed by atoms with van der Waals surface area (Å²) in [6.45, 7) is 4.83. The maximum Gasteiger partial charge on any atom is 0.306 e. The average molecular weight is 527 g/mol. The van der Waals surface area contributed by atoms with E-state index in [1.165, 1.54) is 116 Å². The number of hydrogen-bond donors (Lipinski definition) is 0. The smallest absolute Gasteiger partial charge is 0.306 e. The van der Waals surface area contributed by atoms with Gasteiger partial charge in [-0.05, 0) is 12.8 Å². The summed E-state index contributed by atoms with van der Waals surface area (Å²) in [4.78, 5) is 24.3. The molecule has 0 aliphatic heterocycles. The van der Waals surface area contributed by atoms with Crippen molar-refractivity contribution in [2.75, 3.05) is 20.3 Å². The summed E-state index contributed by atoms with van der Waals surface area (Å²) < 4.78 is 16.0. The van der Waals surface area contributed by atoms with E-state index in [1.807, 2.05) is 0 Å². The van der Waals surface area contributed by atoms with Gasteiger partial charge in [0.1, 0.15) is 6.61 Å². The fraction of sp³-hybridized carbons (Fsp3) is 0.938. The van der Waals surface area contributed by atoms with Gasteiger partial charge in [-0.3, -0.25) is 9.59 Å². The molecule has 0 aliphatic rings. The number of hydrogen-bond acceptors (Lipinski definition) is 5. The van der Waals surface area contributed by atoms with Crippen molar-refractivity contribution in [3.8, 4) is 0 Å². The molecule has 5 nitrogen and oxygen atoms in total. The largest absolute Gasteiger partial charge is 0.462 e. The molecule has 0 aromatic rings. The van der Waals surface area contributed by atoms with Crippen molar-refractivity contribution >= 4 is 11.9 Å². The molecule has 220 valence electrons. The van der Waals surface area contributed by atoms with Crippen LogP contribution in [0.15, 0.2) is 0 Å². The molecule has 5 heteroatoms. The van der Waals surface area contributed by atoms with Gasteiger partial charge in [0.05, 0.1) is 6.61 Å². The number of rotatable bonds is 29. The van der Waals surface area contributed by atoms with Crippen LogP contribution < -0.4 is 0 Å². The highest BCUT2D eigenvalue weighted by Gasteiger charge is 2.17. The van der Waals surface area contributed by atoms with E-state index in [1.54, 1.807) is 7.11 Å². The van der Waals surface area contributed by atoms with Crippen LogP contribution in [0.4, 0.5) is 0 Å². The van der Waals surface area contributed by atoms with Gasteiger partial charge >= 0.3 is 11.9 Å². The first kappa shape index (κ1) is 35.9. The van der Waals surface area contributed by atoms with E-state index in [0.717, 1.165) is 25.7 Å². The van der Waals surface area contributed by atoms with Crippen LogP contribution in [0.5, 0.6) is 0 Å². The molecule has 0 N–H and O–H groups in total. The van der Waals surface area contributed by atoms with Crippen molar-refractivity contribution in [2.45, 2.75) is 174 Å². The third-order valence-electron chi connectivity index (χ3n) is 7.05. The highest BCUT2D eigenvalue weighted by atomic mass is 16.6. The molecule has 0 heterocycles. The minimum atomic E-state index is -0.522. The Balaban J connectivity index is 3.68. The Morgan fingerprint density at radius 1 is 0.486 bits per heavy atom. The molecule has 0 fully saturated rings. The van der Waals surface area contributed by atoms with Gasteiger partial charge in [-0.15, -0.1) is 0 Å². The van der Waals surface area contributed by atoms with Gasteiger partial charge < -0.3 is 14.2 Å². The summed E-state index contributed by atoms with van der Waals surface area (Å²) in [6.07, 6.45) is 27.9. The van der Waals surface area contributed by atoms with Crippen molar-refractivity contribution in [1.29, 1.82) is 0 Å². The van der Waals surface area contributed by atoms with Crippen LogP contribution in [0.1, 0.15) is 168 Å². The van der Waals surface area contributed by atoms with Gasteiger partial charge in [-0.2, -0.15) is 0 Å². The summed E-state index contributed by atoms with van der Waals surface area (Å²) in [5.74, 6) is -0.433. The van der Waals surface area contributed by atoms with Crippen LogP contribution in [0.3, 0.4) is 0 Å². The zero-order valence-electron chi connectivity index (χ0n) is 25.0. The molecular formula is C32H62O5. The first-order valence-electron chi connectivity index (χ1n) is 16.0. The Kier molecular flexibility index (Phi) is 28.6. The predicted molar refractivity (Wildman–Crippen MR) is 155 cm³/mol. The van der Waals surface area contributed by atoms with Crippen molar-refractivity contribution in [2.24, 2.45) is 0 Å². The highest BCUT2D eigenvalue weighted by molar-refractivity contribution is 5.70. The Morgan fingerprint density at radius 2 is 0.838 bits per heavy atom. The second-order valence-corrected chi connectivity index (χ2v) is 10.8. The quantitative estimate of drug-likeness (QED) is 0.0717. The SMILES string of the molecule is CCCCCCCCCCCCCC(=O)OCC(COC)OC(=O)CCCCCCCCCCCCC. The van der Waals surface area contributed by atoms with Crippen LogP contribution in [-0.2, 0) is 23.8 Å². The lowest BCUT2D eigenvalue weighted by Gasteiger charge is -2.17. The fourth-order valence-corrected chi connectivity index (χ4v) is 4.67. The first-order valence-corrected chi connectivity index (χ1v) is 16.0. The minimum Gasteiger partial charge on any atom is -0.462 e. The zero-order valence-corrected chi connectivity index (χ0v) is 25.0. The van der Waals surface area contributed by atoms with E-state index in [9.17, 15) is 9.59 Å². The maximum atomic E-state index is 12.2. The molecule has 0 spiro atoms. The number of methoxy groups -OCH3 is 1. The molecule has 0 aromatic carbocycles. The summed E-state index contributed by atoms with van der Waals surface area (Å²) in [5, 5.41) is 0. The average Bonchev–Trinajstić information content (AvgIpc) is 2.89. The lowest BCUT2D eigenvalue weighted by atomic mass is 10.1. The van der Waals surface area contributed by atoms with Crippen LogP contribution in [0, 0.1) is 0 Å². The van der Waals surface area contributed by atoms with Crippen LogP contribution in [0.2, 0.25) is 0 Å². The fourth-order valence-electron chi connectivity index (χ4n) is 4.67. The van der Waals surface area contributed by atoms with Gasteiger partial charge in [0.2, 0.25) is 0 Å². The van der Waals surface area contributed by atoms with E-state index in [0.29, 0.717) is 12.8 Å². The number of esters is 2. The molecule has 1 unspecified atom stereocenters. The summed E-state index contributed by atoms with van der Waals surface area (Å²) in [6, 6.07) is 0. The van der Waals surface area contributed by atoms with E-state index in [4.69, 9.17) is 14.2 Å². The molecule has 0 aromatic heterocycles. The molecule has 0 rings (SSSR count). The minimum absolute atomic E-state index is 0.0781. The number of carbonyl (C=O) groups excluding carboxylic acids is 2. The zero-order chi connectivity index (χ0) is 27.2. The molecule has 0 saturated heterocycles. The standard InChI is InChI=1S/C32H62O5/c1-4-6-8-10-12-14-16-18-20-22-24-26-31(33)36-29-30(28-35-3)37-32(34)27-25-23-21-19-17-15-13-11-9-7-5-2/h30H,4-29H2,1-3H3. The Labute approximate surface area is 230 Å². The van der Waals surface area contributed by atoms with Gasteiger partial charge in [0, 0.05) is 20.0 Å². The predicted octanol–water partition coefficient (Wildman–Crippen LogP) is 9.49. The third-order valence-corrected chi connectivity index (χ3v) is 7.05. The third kappa shape index (κ3) is 27.7. The van der Waals surface area contributed by atoms with Crippen LogP contribution >= 0.6 is 0 Å². The van der Waals surface area contributed by atoms with Crippen LogP contribution in [0.25, 0.3) is 0 Å². The van der Waals surface area contributed by atoms with E-state index in [2.05, 4.69) is 13.8 Å². The normalized spacial score (nSPS) is 12.0. The highest BCUT2D eigenvalue weighted by Crippen LogP contribution is 2.14. The second kappa shape index (κ2) is 29.5. The molecule has 37 heavy (non-hydrogen) atoms. The van der Waals surface area contributed by atoms with Crippen molar-refractivity contribution in [3.05, 3.63) is 0 Å². The summed E-state index contributed by atoms with van der Waals surface area (Å²) in [5.41, 5.74) is 0. The number of ether oxygens (including phenoxy) is 3. The topological polar surface area (TPSA) is 61.8 Å². The lowest BCUT2D eigenvalue weighted by molar-refractivity contribution is -0.162. The summed E-state index contributed by atoms with van der Waals surface area (Å²) in [7, 11) is 1.57. The Hall–Kier alpha value is -1.10. The maximum absolute atomic E-state index is 12.2. The first-order chi connectivity index (χ1) is 18.1. The van der Waals surface area contributed by atoms with E-state index in [-0.39, 0.29) is 25.2 Å². The number of carbonyl (C=O) groups is 2. The van der Waals surface area contributed by atoms with Gasteiger partial charge in [0.15, 0.2) is 6.10 Å². The van der Waals surface area contributed by atoms with E-state index >= 15 is 0 Å². The van der Waals surface area contributed by atoms with Crippen molar-refractivity contribution in [3.63, 3.8) is 0 Å². The van der Waals surface area contributed by atoms with Crippen molar-refractivity contribution in [1.82, 2.24) is 0 Å². The van der Waals surface area contributed by atoms with Crippen molar-refractivity contribution < 1.29 is 23.8 Å². The molecule has 0 amide bonds. The monoisotopic (exact) mass is 526 g/mol. The van der Waals surface area contributed by atoms with Gasteiger partial charge in [-0.25, -0.2) is 0 Å². The Morgan fingerprint density at radius 3 is 1.22 bits per heavy atom. The van der Waals surface area contributed by atoms with Crippen LogP contribution in [-0.4, -0.2) is 38.4 Å². The number of unbranched alkanes of at least 4 members (excludes halogenated alkanes) is 20. The second-order valence-electron chi connectivity index (χ2n) is 10.8. The molecule has 1 atom stereocenters. The lowest BCUT2D eigenvalue weighted by Crippen LogP contribution is -2.29. The molecule has 0 bridgehead atoms. The molecular weight excluding hydrogens is 464 g/mol. The molecule has 0 saturated carbocycles. The molecule has 0 radical (unpaired) electrons. The summed E-state index contributed by atoms with van der Waals surface area (Å²) >= 11 is 0. The Bertz CT molecular complexity index is 494. The van der Waals surface area contributed by atoms with Gasteiger partial charge in [0.25, 0.3) is 0 Å².